The SMILES string of the molecule is CC1=CC=C(C2=CCCC=C2)CC=C1. The van der Waals surface area contributed by atoms with E-state index in [0.717, 1.165) is 6.42 Å². The number of allylic oxidation sites excluding steroid dienone is 10. The average molecular weight is 184 g/mol. The Balaban J connectivity index is 2.23. The molecule has 0 saturated carbocycles. The molecule has 14 heavy (non-hydrogen) atoms. The van der Waals surface area contributed by atoms with Crippen LogP contribution in [0.15, 0.2) is 59.3 Å². The van der Waals surface area contributed by atoms with Gasteiger partial charge in [-0.1, -0.05) is 48.1 Å². The van der Waals surface area contributed by atoms with E-state index in [1.807, 2.05) is 0 Å². The monoisotopic (exact) mass is 184 g/mol. The fourth-order valence-corrected chi connectivity index (χ4v) is 1.79. The third-order valence-electron chi connectivity index (χ3n) is 2.63. The van der Waals surface area contributed by atoms with Crippen LogP contribution < -0.4 is 0 Å². The molecule has 0 aromatic carbocycles. The highest BCUT2D eigenvalue weighted by Crippen LogP contribution is 2.23. The van der Waals surface area contributed by atoms with Gasteiger partial charge in [-0.25, -0.2) is 0 Å². The zero-order valence-corrected chi connectivity index (χ0v) is 8.66. The molecule has 0 N–H and O–H groups in total. The van der Waals surface area contributed by atoms with Gasteiger partial charge in [0, 0.05) is 0 Å². The standard InChI is InChI=1S/C14H16/c1-12-6-5-9-14(11-10-12)13-7-3-2-4-8-13/h3,5-8,10-11H,2,4,9H2,1H3. The molecule has 0 heteroatoms. The molecule has 0 atom stereocenters. The van der Waals surface area contributed by atoms with Crippen molar-refractivity contribution < 1.29 is 0 Å². The van der Waals surface area contributed by atoms with Crippen LogP contribution in [0.1, 0.15) is 26.2 Å². The predicted molar refractivity (Wildman–Crippen MR) is 62.1 cm³/mol. The lowest BCUT2D eigenvalue weighted by Crippen LogP contribution is -1.89. The summed E-state index contributed by atoms with van der Waals surface area (Å²) < 4.78 is 0. The van der Waals surface area contributed by atoms with Gasteiger partial charge in [-0.15, -0.1) is 0 Å². The summed E-state index contributed by atoms with van der Waals surface area (Å²) in [6.07, 6.45) is 19.2. The normalized spacial score (nSPS) is 21.1. The van der Waals surface area contributed by atoms with Crippen molar-refractivity contribution in [3.8, 4) is 0 Å². The van der Waals surface area contributed by atoms with Gasteiger partial charge in [0.1, 0.15) is 0 Å². The fourth-order valence-electron chi connectivity index (χ4n) is 1.79. The fraction of sp³-hybridized carbons (Fsp3) is 0.286. The molecule has 0 spiro atoms. The zero-order valence-electron chi connectivity index (χ0n) is 8.66. The second-order valence-electron chi connectivity index (χ2n) is 3.85. The van der Waals surface area contributed by atoms with Gasteiger partial charge in [0.05, 0.1) is 0 Å². The highest BCUT2D eigenvalue weighted by atomic mass is 14.1. The number of hydrogen-bond donors (Lipinski definition) is 0. The van der Waals surface area contributed by atoms with Crippen LogP contribution in [0.2, 0.25) is 0 Å². The first-order valence-electron chi connectivity index (χ1n) is 5.27. The Labute approximate surface area is 86.0 Å². The summed E-state index contributed by atoms with van der Waals surface area (Å²) in [5.74, 6) is 0. The van der Waals surface area contributed by atoms with Crippen molar-refractivity contribution in [2.45, 2.75) is 26.2 Å². The maximum atomic E-state index is 2.34. The molecule has 2 aliphatic carbocycles. The molecule has 2 aliphatic rings. The van der Waals surface area contributed by atoms with Crippen molar-refractivity contribution in [2.75, 3.05) is 0 Å². The Bertz CT molecular complexity index is 359. The summed E-state index contributed by atoms with van der Waals surface area (Å²) in [7, 11) is 0. The van der Waals surface area contributed by atoms with E-state index in [1.165, 1.54) is 29.6 Å². The Morgan fingerprint density at radius 2 is 1.93 bits per heavy atom. The summed E-state index contributed by atoms with van der Waals surface area (Å²) >= 11 is 0. The summed E-state index contributed by atoms with van der Waals surface area (Å²) in [6.45, 7) is 2.14. The van der Waals surface area contributed by atoms with Crippen LogP contribution in [0, 0.1) is 0 Å². The van der Waals surface area contributed by atoms with Gasteiger partial charge in [0.2, 0.25) is 0 Å². The van der Waals surface area contributed by atoms with Crippen LogP contribution in [0.25, 0.3) is 0 Å². The predicted octanol–water partition coefficient (Wildman–Crippen LogP) is 4.10. The van der Waals surface area contributed by atoms with Gasteiger partial charge >= 0.3 is 0 Å². The Morgan fingerprint density at radius 3 is 2.71 bits per heavy atom. The maximum Gasteiger partial charge on any atom is -0.00884 e. The average Bonchev–Trinajstić information content (AvgIpc) is 2.44. The summed E-state index contributed by atoms with van der Waals surface area (Å²) in [4.78, 5) is 0. The van der Waals surface area contributed by atoms with Crippen LogP contribution in [0.4, 0.5) is 0 Å². The lowest BCUT2D eigenvalue weighted by Gasteiger charge is -2.08. The molecule has 2 rings (SSSR count). The molecule has 0 nitrogen and oxygen atoms in total. The topological polar surface area (TPSA) is 0 Å². The molecule has 0 bridgehead atoms. The zero-order chi connectivity index (χ0) is 9.80. The molecule has 0 fully saturated rings. The van der Waals surface area contributed by atoms with Crippen molar-refractivity contribution >= 4 is 0 Å². The van der Waals surface area contributed by atoms with Crippen molar-refractivity contribution in [3.05, 3.63) is 59.3 Å². The minimum Gasteiger partial charge on any atom is -0.0836 e. The van der Waals surface area contributed by atoms with E-state index in [0.29, 0.717) is 0 Å². The van der Waals surface area contributed by atoms with Gasteiger partial charge < -0.3 is 0 Å². The lowest BCUT2D eigenvalue weighted by atomic mass is 9.97. The van der Waals surface area contributed by atoms with Gasteiger partial charge in [0.15, 0.2) is 0 Å². The summed E-state index contributed by atoms with van der Waals surface area (Å²) in [5.41, 5.74) is 4.18. The quantitative estimate of drug-likeness (QED) is 0.575. The van der Waals surface area contributed by atoms with E-state index in [1.54, 1.807) is 0 Å². The van der Waals surface area contributed by atoms with Crippen LogP contribution in [0.3, 0.4) is 0 Å². The smallest absolute Gasteiger partial charge is 0.00884 e. The van der Waals surface area contributed by atoms with E-state index in [4.69, 9.17) is 0 Å². The lowest BCUT2D eigenvalue weighted by molar-refractivity contribution is 1.01. The number of rotatable bonds is 1. The first kappa shape index (κ1) is 9.26. The van der Waals surface area contributed by atoms with Crippen LogP contribution in [-0.4, -0.2) is 0 Å². The van der Waals surface area contributed by atoms with Gasteiger partial charge in [-0.2, -0.15) is 0 Å². The first-order chi connectivity index (χ1) is 6.86. The highest BCUT2D eigenvalue weighted by Gasteiger charge is 2.03. The molecule has 0 aromatic rings. The molecular formula is C14H16. The van der Waals surface area contributed by atoms with Crippen molar-refractivity contribution in [1.29, 1.82) is 0 Å². The van der Waals surface area contributed by atoms with Crippen LogP contribution in [0.5, 0.6) is 0 Å². The largest absolute Gasteiger partial charge is 0.0836 e. The second-order valence-corrected chi connectivity index (χ2v) is 3.85. The molecule has 0 saturated heterocycles. The van der Waals surface area contributed by atoms with E-state index in [2.05, 4.69) is 49.5 Å². The van der Waals surface area contributed by atoms with Gasteiger partial charge in [0.25, 0.3) is 0 Å². The minimum atomic E-state index is 1.06. The molecule has 0 unspecified atom stereocenters. The molecular weight excluding hydrogens is 168 g/mol. The highest BCUT2D eigenvalue weighted by molar-refractivity contribution is 5.46. The van der Waals surface area contributed by atoms with Gasteiger partial charge in [-0.05, 0) is 37.3 Å². The second kappa shape index (κ2) is 4.28. The Hall–Kier alpha value is -1.30. The molecule has 0 amide bonds. The van der Waals surface area contributed by atoms with Crippen molar-refractivity contribution in [3.63, 3.8) is 0 Å². The first-order valence-corrected chi connectivity index (χ1v) is 5.27. The molecule has 0 radical (unpaired) electrons. The number of hydrogen-bond acceptors (Lipinski definition) is 0. The van der Waals surface area contributed by atoms with E-state index in [-0.39, 0.29) is 0 Å². The summed E-state index contributed by atoms with van der Waals surface area (Å²) in [6, 6.07) is 0. The maximum absolute atomic E-state index is 2.34. The van der Waals surface area contributed by atoms with Crippen molar-refractivity contribution in [1.82, 2.24) is 0 Å². The molecule has 0 aliphatic heterocycles. The Kier molecular flexibility index (Phi) is 2.83. The third-order valence-corrected chi connectivity index (χ3v) is 2.63. The van der Waals surface area contributed by atoms with E-state index < -0.39 is 0 Å². The van der Waals surface area contributed by atoms with Gasteiger partial charge in [-0.3, -0.25) is 0 Å². The molecule has 0 aromatic heterocycles. The van der Waals surface area contributed by atoms with E-state index >= 15 is 0 Å². The van der Waals surface area contributed by atoms with Crippen LogP contribution in [-0.2, 0) is 0 Å². The summed E-state index contributed by atoms with van der Waals surface area (Å²) in [5, 5.41) is 0. The van der Waals surface area contributed by atoms with Crippen LogP contribution >= 0.6 is 0 Å². The third kappa shape index (κ3) is 2.14. The molecule has 72 valence electrons. The minimum absolute atomic E-state index is 1.06. The van der Waals surface area contributed by atoms with E-state index in [9.17, 15) is 0 Å². The molecule has 0 heterocycles. The Morgan fingerprint density at radius 1 is 1.00 bits per heavy atom. The van der Waals surface area contributed by atoms with Crippen molar-refractivity contribution in [2.24, 2.45) is 0 Å².